The summed E-state index contributed by atoms with van der Waals surface area (Å²) >= 11 is 0. The van der Waals surface area contributed by atoms with Gasteiger partial charge < -0.3 is 15.4 Å². The van der Waals surface area contributed by atoms with Gasteiger partial charge in [-0.05, 0) is 63.6 Å². The van der Waals surface area contributed by atoms with E-state index in [4.69, 9.17) is 0 Å². The van der Waals surface area contributed by atoms with Crippen LogP contribution in [-0.2, 0) is 0 Å². The van der Waals surface area contributed by atoms with Gasteiger partial charge in [-0.15, -0.1) is 0 Å². The first-order chi connectivity index (χ1) is 14.7. The van der Waals surface area contributed by atoms with Crippen LogP contribution in [0.4, 0.5) is 8.78 Å². The lowest BCUT2D eigenvalue weighted by molar-refractivity contribution is -0.00257. The lowest BCUT2D eigenvalue weighted by Gasteiger charge is -2.36. The molecule has 5 nitrogen and oxygen atoms in total. The number of hydrogen-bond acceptors (Lipinski definition) is 3. The fourth-order valence-corrected chi connectivity index (χ4v) is 4.46. The van der Waals surface area contributed by atoms with Crippen LogP contribution in [0.3, 0.4) is 0 Å². The largest absolute Gasteiger partial charge is 0.390 e. The van der Waals surface area contributed by atoms with Crippen LogP contribution in [0.2, 0.25) is 0 Å². The fraction of sp³-hybridized carbons (Fsp3) is 0.417. The molecule has 0 saturated heterocycles. The van der Waals surface area contributed by atoms with Gasteiger partial charge in [0.25, 0.3) is 12.3 Å². The summed E-state index contributed by atoms with van der Waals surface area (Å²) in [7, 11) is 0. The number of nitrogens with zero attached hydrogens (tertiary/aromatic N) is 1. The van der Waals surface area contributed by atoms with Crippen LogP contribution in [0.1, 0.15) is 61.9 Å². The van der Waals surface area contributed by atoms with Gasteiger partial charge in [0.2, 0.25) is 0 Å². The Kier molecular flexibility index (Phi) is 5.79. The van der Waals surface area contributed by atoms with E-state index in [9.17, 15) is 18.7 Å². The van der Waals surface area contributed by atoms with E-state index in [2.05, 4.69) is 15.3 Å². The van der Waals surface area contributed by atoms with E-state index in [0.29, 0.717) is 22.2 Å². The van der Waals surface area contributed by atoms with Crippen LogP contribution >= 0.6 is 0 Å². The molecule has 0 atom stereocenters. The second-order valence-corrected chi connectivity index (χ2v) is 8.88. The molecule has 0 aliphatic heterocycles. The zero-order valence-electron chi connectivity index (χ0n) is 17.7. The quantitative estimate of drug-likeness (QED) is 0.522. The predicted octanol–water partition coefficient (Wildman–Crippen LogP) is 5.23. The molecule has 0 unspecified atom stereocenters. The molecule has 1 fully saturated rings. The van der Waals surface area contributed by atoms with Crippen LogP contribution in [0, 0.1) is 5.92 Å². The number of nitrogens with one attached hydrogen (secondary N) is 2. The number of hydrogen-bond donors (Lipinski definition) is 3. The topological polar surface area (TPSA) is 78.0 Å². The van der Waals surface area contributed by atoms with Crippen LogP contribution in [0.25, 0.3) is 22.2 Å². The first kappa shape index (κ1) is 21.4. The number of halogens is 2. The number of rotatable bonds is 5. The summed E-state index contributed by atoms with van der Waals surface area (Å²) in [4.78, 5) is 19.8. The third-order valence-corrected chi connectivity index (χ3v) is 6.34. The Morgan fingerprint density at radius 1 is 1.16 bits per heavy atom. The van der Waals surface area contributed by atoms with Gasteiger partial charge in [-0.3, -0.25) is 9.78 Å². The smallest absolute Gasteiger partial charge is 0.267 e. The van der Waals surface area contributed by atoms with Gasteiger partial charge in [0.15, 0.2) is 0 Å². The number of carbonyl (C=O) groups is 1. The highest BCUT2D eigenvalue weighted by Crippen LogP contribution is 2.34. The number of benzene rings is 1. The van der Waals surface area contributed by atoms with Crippen molar-refractivity contribution in [2.75, 3.05) is 0 Å². The molecule has 4 rings (SSSR count). The minimum Gasteiger partial charge on any atom is -0.390 e. The van der Waals surface area contributed by atoms with Crippen molar-refractivity contribution in [3.63, 3.8) is 0 Å². The van der Waals surface area contributed by atoms with E-state index in [1.165, 1.54) is 6.20 Å². The summed E-state index contributed by atoms with van der Waals surface area (Å²) < 4.78 is 26.4. The number of pyridine rings is 1. The summed E-state index contributed by atoms with van der Waals surface area (Å²) in [5.41, 5.74) is 1.47. The molecule has 1 aliphatic carbocycles. The highest BCUT2D eigenvalue weighted by Gasteiger charge is 2.31. The Balaban J connectivity index is 1.46. The number of aromatic nitrogens is 2. The maximum Gasteiger partial charge on any atom is 0.267 e. The molecule has 1 amide bonds. The molecule has 164 valence electrons. The molecule has 0 spiro atoms. The van der Waals surface area contributed by atoms with Gasteiger partial charge in [-0.1, -0.05) is 12.1 Å². The van der Waals surface area contributed by atoms with Gasteiger partial charge in [0, 0.05) is 34.9 Å². The fourth-order valence-electron chi connectivity index (χ4n) is 4.46. The monoisotopic (exact) mass is 427 g/mol. The van der Waals surface area contributed by atoms with Crippen molar-refractivity contribution < 1.29 is 18.7 Å². The summed E-state index contributed by atoms with van der Waals surface area (Å²) in [5, 5.41) is 13.9. The normalized spacial score (nSPS) is 19.7. The number of H-pyrrole nitrogens is 1. The molecule has 1 aromatic carbocycles. The molecule has 0 bridgehead atoms. The third-order valence-electron chi connectivity index (χ3n) is 6.34. The number of fused-ring (bicyclic) bond motifs is 1. The number of alkyl halides is 2. The molecule has 7 heteroatoms. The molecule has 2 aromatic heterocycles. The molecule has 1 saturated carbocycles. The van der Waals surface area contributed by atoms with E-state index in [1.807, 2.05) is 13.8 Å². The summed E-state index contributed by atoms with van der Waals surface area (Å²) in [6.07, 6.45) is 3.70. The predicted molar refractivity (Wildman–Crippen MR) is 116 cm³/mol. The van der Waals surface area contributed by atoms with Crippen molar-refractivity contribution in [2.24, 2.45) is 5.92 Å². The Labute approximate surface area is 179 Å². The Hall–Kier alpha value is -2.80. The van der Waals surface area contributed by atoms with E-state index >= 15 is 0 Å². The van der Waals surface area contributed by atoms with Crippen molar-refractivity contribution >= 4 is 16.8 Å². The number of aromatic amines is 1. The van der Waals surface area contributed by atoms with E-state index in [-0.39, 0.29) is 23.4 Å². The standard InChI is InChI=1S/C24H27F2N3O2/c1-24(2,31)16-7-9-17(10-8-16)29-23(30)15-5-3-14(4-6-15)20-18-11-12-27-21(18)19(13-28-20)22(25)26/h3-6,11-13,16-17,22,27,31H,7-10H2,1-2H3,(H,29,30). The molecule has 31 heavy (non-hydrogen) atoms. The van der Waals surface area contributed by atoms with E-state index < -0.39 is 12.0 Å². The molecule has 3 aromatic rings. The number of amides is 1. The van der Waals surface area contributed by atoms with Gasteiger partial charge in [0.05, 0.1) is 22.4 Å². The maximum absolute atomic E-state index is 13.2. The maximum atomic E-state index is 13.2. The second kappa shape index (κ2) is 8.38. The minimum atomic E-state index is -2.60. The highest BCUT2D eigenvalue weighted by molar-refractivity contribution is 5.97. The van der Waals surface area contributed by atoms with Crippen molar-refractivity contribution in [1.82, 2.24) is 15.3 Å². The Morgan fingerprint density at radius 2 is 1.84 bits per heavy atom. The molecule has 2 heterocycles. The summed E-state index contributed by atoms with van der Waals surface area (Å²) in [6.45, 7) is 3.69. The summed E-state index contributed by atoms with van der Waals surface area (Å²) in [6, 6.07) is 8.87. The molecule has 1 aliphatic rings. The SMILES string of the molecule is CC(C)(O)C1CCC(NC(=O)c2ccc(-c3ncc(C(F)F)c4[nH]ccc34)cc2)CC1. The van der Waals surface area contributed by atoms with Crippen molar-refractivity contribution in [2.45, 2.75) is 57.6 Å². The highest BCUT2D eigenvalue weighted by atomic mass is 19.3. The van der Waals surface area contributed by atoms with Crippen molar-refractivity contribution in [3.8, 4) is 11.3 Å². The van der Waals surface area contributed by atoms with Crippen molar-refractivity contribution in [3.05, 3.63) is 53.9 Å². The van der Waals surface area contributed by atoms with E-state index in [1.54, 1.807) is 36.5 Å². The van der Waals surface area contributed by atoms with E-state index in [0.717, 1.165) is 31.2 Å². The van der Waals surface area contributed by atoms with Gasteiger partial charge >= 0.3 is 0 Å². The lowest BCUT2D eigenvalue weighted by atomic mass is 9.77. The first-order valence-electron chi connectivity index (χ1n) is 10.6. The third kappa shape index (κ3) is 4.46. The molecular weight excluding hydrogens is 400 g/mol. The van der Waals surface area contributed by atoms with Crippen LogP contribution < -0.4 is 5.32 Å². The Morgan fingerprint density at radius 3 is 2.45 bits per heavy atom. The van der Waals surface area contributed by atoms with Crippen molar-refractivity contribution in [1.29, 1.82) is 0 Å². The average molecular weight is 427 g/mol. The summed E-state index contributed by atoms with van der Waals surface area (Å²) in [5.74, 6) is 0.125. The van der Waals surface area contributed by atoms with Gasteiger partial charge in [-0.25, -0.2) is 8.78 Å². The minimum absolute atomic E-state index is 0.105. The van der Waals surface area contributed by atoms with Crippen LogP contribution in [-0.4, -0.2) is 32.6 Å². The number of aliphatic hydroxyl groups is 1. The average Bonchev–Trinajstić information content (AvgIpc) is 3.22. The zero-order chi connectivity index (χ0) is 22.2. The van der Waals surface area contributed by atoms with Crippen LogP contribution in [0.5, 0.6) is 0 Å². The number of carbonyl (C=O) groups excluding carboxylic acids is 1. The second-order valence-electron chi connectivity index (χ2n) is 8.88. The Bertz CT molecular complexity index is 1060. The van der Waals surface area contributed by atoms with Gasteiger partial charge in [-0.2, -0.15) is 0 Å². The lowest BCUT2D eigenvalue weighted by Crippen LogP contribution is -2.41. The zero-order valence-corrected chi connectivity index (χ0v) is 17.7. The van der Waals surface area contributed by atoms with Gasteiger partial charge in [0.1, 0.15) is 0 Å². The molecule has 0 radical (unpaired) electrons. The molecule has 3 N–H and O–H groups in total. The van der Waals surface area contributed by atoms with Crippen LogP contribution in [0.15, 0.2) is 42.7 Å². The molecular formula is C24H27F2N3O2. The first-order valence-corrected chi connectivity index (χ1v) is 10.6.